The van der Waals surface area contributed by atoms with E-state index in [0.717, 1.165) is 38.5 Å². The number of esters is 1. The maximum Gasteiger partial charge on any atom is 0.305 e. The van der Waals surface area contributed by atoms with Gasteiger partial charge in [-0.3, -0.25) is 4.79 Å². The molecule has 2 heteroatoms. The average molecular weight is 685 g/mol. The van der Waals surface area contributed by atoms with Crippen LogP contribution in [0.25, 0.3) is 114 Å². The fraction of sp³-hybridized carbons (Fsp3) is 0.212. The van der Waals surface area contributed by atoms with Crippen LogP contribution in [-0.4, -0.2) is 13.1 Å². The van der Waals surface area contributed by atoms with Gasteiger partial charge < -0.3 is 4.74 Å². The van der Waals surface area contributed by atoms with Gasteiger partial charge in [-0.15, -0.1) is 0 Å². The monoisotopic (exact) mass is 684 g/mol. The third-order valence-electron chi connectivity index (χ3n) is 17.4. The van der Waals surface area contributed by atoms with Gasteiger partial charge in [0.05, 0.1) is 7.11 Å². The molecule has 0 bridgehead atoms. The van der Waals surface area contributed by atoms with Gasteiger partial charge >= 0.3 is 5.97 Å². The highest BCUT2D eigenvalue weighted by atomic mass is 16.5. The first-order valence-electron chi connectivity index (χ1n) is 20.3. The van der Waals surface area contributed by atoms with Crippen molar-refractivity contribution in [1.82, 2.24) is 0 Å². The number of hydrogen-bond donors (Lipinski definition) is 0. The highest BCUT2D eigenvalue weighted by Gasteiger charge is 2.90. The molecule has 54 heavy (non-hydrogen) atoms. The Labute approximate surface area is 306 Å². The predicted octanol–water partition coefficient (Wildman–Crippen LogP) is 11.0. The average Bonchev–Trinajstić information content (AvgIpc) is 3.91. The van der Waals surface area contributed by atoms with E-state index >= 15 is 0 Å². The molecule has 0 aliphatic heterocycles. The number of carbonyl (C=O) groups excluding carboxylic acids is 1. The Kier molecular flexibility index (Phi) is 3.23. The third kappa shape index (κ3) is 1.87. The SMILES string of the molecule is COC(=O)CCCCC1(c2ccccc2)C23C=c4cc5cc6cc7c8c6c6c5c5c4C21c1c2c(cc4c9c%10c(cc(c%11c%10c%10c(c1c5c6c%10c8%11)c29)C7)C4)C3. The van der Waals surface area contributed by atoms with Crippen LogP contribution in [0.15, 0.2) is 60.7 Å². The van der Waals surface area contributed by atoms with Crippen LogP contribution in [0.4, 0.5) is 0 Å². The van der Waals surface area contributed by atoms with E-state index < -0.39 is 0 Å². The molecule has 3 atom stereocenters. The minimum atomic E-state index is -0.135. The summed E-state index contributed by atoms with van der Waals surface area (Å²) in [4.78, 5) is 12.5. The Morgan fingerprint density at radius 1 is 0.574 bits per heavy atom. The molecule has 0 radical (unpaired) electrons. The van der Waals surface area contributed by atoms with Gasteiger partial charge in [0.1, 0.15) is 0 Å². The van der Waals surface area contributed by atoms with Crippen LogP contribution in [0, 0.1) is 5.41 Å². The molecular formula is C52H28O2. The van der Waals surface area contributed by atoms with E-state index in [9.17, 15) is 4.79 Å². The van der Waals surface area contributed by atoms with E-state index in [-0.39, 0.29) is 22.2 Å². The van der Waals surface area contributed by atoms with E-state index in [1.54, 1.807) is 136 Å². The highest BCUT2D eigenvalue weighted by molar-refractivity contribution is 6.62. The van der Waals surface area contributed by atoms with Gasteiger partial charge in [-0.05, 0) is 202 Å². The molecule has 2 nitrogen and oxygen atoms in total. The first-order valence-corrected chi connectivity index (χ1v) is 20.3. The topological polar surface area (TPSA) is 26.3 Å². The Bertz CT molecular complexity index is 3980. The zero-order valence-electron chi connectivity index (χ0n) is 29.6. The number of benzene rings is 8. The van der Waals surface area contributed by atoms with Crippen LogP contribution >= 0.6 is 0 Å². The summed E-state index contributed by atoms with van der Waals surface area (Å²) in [5.74, 6) is -0.0913. The van der Waals surface area contributed by atoms with E-state index in [1.165, 1.54) is 28.7 Å². The molecular weight excluding hydrogens is 657 g/mol. The molecule has 1 spiro atoms. The van der Waals surface area contributed by atoms with Gasteiger partial charge in [0.2, 0.25) is 0 Å². The van der Waals surface area contributed by atoms with Gasteiger partial charge in [0.25, 0.3) is 0 Å². The summed E-state index contributed by atoms with van der Waals surface area (Å²) in [5, 5.41) is 33.1. The summed E-state index contributed by atoms with van der Waals surface area (Å²) in [6.07, 6.45) is 9.42. The van der Waals surface area contributed by atoms with Crippen molar-refractivity contribution in [3.05, 3.63) is 110 Å². The highest BCUT2D eigenvalue weighted by Crippen LogP contribution is 2.90. The molecule has 0 aromatic heterocycles. The number of unbranched alkanes of at least 4 members (excludes halogenated alkanes) is 1. The molecule has 12 aromatic rings. The zero-order valence-corrected chi connectivity index (χ0v) is 29.6. The van der Waals surface area contributed by atoms with Crippen LogP contribution < -0.4 is 5.22 Å². The van der Waals surface area contributed by atoms with Crippen molar-refractivity contribution in [2.24, 2.45) is 5.41 Å². The van der Waals surface area contributed by atoms with Gasteiger partial charge in [-0.1, -0.05) is 61.0 Å². The molecule has 0 saturated heterocycles. The number of ether oxygens (including phenoxy) is 1. The minimum Gasteiger partial charge on any atom is -0.469 e. The molecule has 1 fully saturated rings. The van der Waals surface area contributed by atoms with Gasteiger partial charge in [0, 0.05) is 22.7 Å². The smallest absolute Gasteiger partial charge is 0.305 e. The summed E-state index contributed by atoms with van der Waals surface area (Å²) in [5.41, 5.74) is 12.4. The van der Waals surface area contributed by atoms with Gasteiger partial charge in [-0.25, -0.2) is 0 Å². The molecule has 18 rings (SSSR count). The number of hydrogen-bond acceptors (Lipinski definition) is 2. The van der Waals surface area contributed by atoms with E-state index in [1.807, 2.05) is 0 Å². The molecule has 248 valence electrons. The lowest BCUT2D eigenvalue weighted by atomic mass is 9.69. The van der Waals surface area contributed by atoms with Crippen molar-refractivity contribution in [1.29, 1.82) is 0 Å². The second-order valence-electron chi connectivity index (χ2n) is 18.7. The van der Waals surface area contributed by atoms with E-state index in [0.29, 0.717) is 6.42 Å². The summed E-state index contributed by atoms with van der Waals surface area (Å²) in [6, 6.07) is 24.8. The first-order chi connectivity index (χ1) is 26.6. The van der Waals surface area contributed by atoms with E-state index in [2.05, 4.69) is 66.7 Å². The maximum atomic E-state index is 12.5. The second-order valence-corrected chi connectivity index (χ2v) is 18.7. The molecule has 0 heterocycles. The van der Waals surface area contributed by atoms with Crippen molar-refractivity contribution in [3.8, 4) is 0 Å². The second kappa shape index (κ2) is 6.88. The number of methoxy groups -OCH3 is 1. The standard InChI is InChI=1S/C52H28O2/c1-54-29(53)9-5-6-10-51(28-7-3-2-4-8-28)50-18-26-16-24-14-22-13-23-12-20-11-21-15-25-17-27(19-50)48-46-35(25)39-31(21)30(20)37-34(23)38-32(22)33(24)40-36(26)49(52(48,50)51)47-44(40)42(38)41(37)43(39)45(46)47/h2-4,7-8,11,13,15-17,19H,5-6,9-10,12,14,18H2,1H3. The van der Waals surface area contributed by atoms with Crippen LogP contribution in [0.3, 0.4) is 0 Å². The fourth-order valence-corrected chi connectivity index (χ4v) is 16.6. The lowest BCUT2D eigenvalue weighted by molar-refractivity contribution is -0.140. The molecule has 6 aliphatic rings. The van der Waals surface area contributed by atoms with Gasteiger partial charge in [0.15, 0.2) is 0 Å². The predicted molar refractivity (Wildman–Crippen MR) is 219 cm³/mol. The van der Waals surface area contributed by atoms with Crippen molar-refractivity contribution >= 4 is 120 Å². The van der Waals surface area contributed by atoms with Crippen LogP contribution in [-0.2, 0) is 39.6 Å². The van der Waals surface area contributed by atoms with Gasteiger partial charge in [-0.2, -0.15) is 0 Å². The first kappa shape index (κ1) is 25.3. The quantitative estimate of drug-likeness (QED) is 0.0990. The van der Waals surface area contributed by atoms with Crippen LogP contribution in [0.1, 0.15) is 70.2 Å². The molecule has 0 N–H and O–H groups in total. The largest absolute Gasteiger partial charge is 0.469 e. The Hall–Kier alpha value is -5.73. The van der Waals surface area contributed by atoms with Crippen molar-refractivity contribution in [3.63, 3.8) is 0 Å². The van der Waals surface area contributed by atoms with Crippen LogP contribution in [0.2, 0.25) is 0 Å². The summed E-state index contributed by atoms with van der Waals surface area (Å²) in [6.45, 7) is 0. The summed E-state index contributed by atoms with van der Waals surface area (Å²) >= 11 is 0. The van der Waals surface area contributed by atoms with Crippen molar-refractivity contribution in [2.45, 2.75) is 55.8 Å². The van der Waals surface area contributed by atoms with Crippen molar-refractivity contribution in [2.75, 3.05) is 7.11 Å². The lowest BCUT2D eigenvalue weighted by Crippen LogP contribution is -2.30. The summed E-state index contributed by atoms with van der Waals surface area (Å²) in [7, 11) is 1.53. The third-order valence-corrected chi connectivity index (χ3v) is 17.4. The maximum absolute atomic E-state index is 12.5. The molecule has 0 amide bonds. The van der Waals surface area contributed by atoms with Crippen LogP contribution in [0.5, 0.6) is 0 Å². The minimum absolute atomic E-state index is 0.0619. The fourth-order valence-electron chi connectivity index (χ4n) is 16.6. The Morgan fingerprint density at radius 2 is 1.15 bits per heavy atom. The zero-order chi connectivity index (χ0) is 34.3. The van der Waals surface area contributed by atoms with E-state index in [4.69, 9.17) is 4.74 Å². The normalized spacial score (nSPS) is 24.9. The molecule has 12 aromatic carbocycles. The number of carbonyl (C=O) groups is 1. The van der Waals surface area contributed by atoms with Crippen molar-refractivity contribution < 1.29 is 9.53 Å². The molecule has 3 unspecified atom stereocenters. The number of rotatable bonds is 6. The molecule has 6 aliphatic carbocycles. The lowest BCUT2D eigenvalue weighted by Gasteiger charge is -2.32. The Balaban J connectivity index is 1.16. The summed E-state index contributed by atoms with van der Waals surface area (Å²) < 4.78 is 5.14. The Morgan fingerprint density at radius 3 is 1.93 bits per heavy atom. The molecule has 1 saturated carbocycles.